The average molecular weight is 635 g/mol. The van der Waals surface area contributed by atoms with Gasteiger partial charge in [0, 0.05) is 37.1 Å². The molecule has 244 valence electrons. The van der Waals surface area contributed by atoms with Crippen molar-refractivity contribution >= 4 is 23.8 Å². The monoisotopic (exact) mass is 634 g/mol. The highest BCUT2D eigenvalue weighted by Gasteiger charge is 2.72. The van der Waals surface area contributed by atoms with Crippen molar-refractivity contribution < 1.29 is 48.0 Å². The summed E-state index contributed by atoms with van der Waals surface area (Å²) < 4.78 is 28.4. The molecule has 2 aromatic carbocycles. The number of esters is 3. The summed E-state index contributed by atoms with van der Waals surface area (Å²) in [6.07, 6.45) is -0.239. The van der Waals surface area contributed by atoms with Crippen LogP contribution in [0.4, 0.5) is 0 Å². The Hall–Kier alpha value is -4.42. The van der Waals surface area contributed by atoms with Crippen molar-refractivity contribution in [2.75, 3.05) is 27.2 Å². The second-order valence-corrected chi connectivity index (χ2v) is 12.3. The minimum Gasteiger partial charge on any atom is -0.493 e. The van der Waals surface area contributed by atoms with Crippen LogP contribution in [0.5, 0.6) is 11.5 Å². The van der Waals surface area contributed by atoms with E-state index in [1.165, 1.54) is 13.8 Å². The Bertz CT molecular complexity index is 1590. The maximum absolute atomic E-state index is 13.2. The van der Waals surface area contributed by atoms with E-state index in [1.807, 2.05) is 19.2 Å². The zero-order valence-corrected chi connectivity index (χ0v) is 26.2. The van der Waals surface area contributed by atoms with Gasteiger partial charge in [0.2, 0.25) is 6.10 Å². The van der Waals surface area contributed by atoms with Gasteiger partial charge in [-0.15, -0.1) is 0 Å². The summed E-state index contributed by atoms with van der Waals surface area (Å²) in [6, 6.07) is 12.2. The van der Waals surface area contributed by atoms with Gasteiger partial charge >= 0.3 is 17.9 Å². The number of nitrogens with one attached hydrogen (secondary N) is 1. The van der Waals surface area contributed by atoms with Crippen LogP contribution in [0.3, 0.4) is 0 Å². The smallest absolute Gasteiger partial charge is 0.352 e. The molecule has 1 spiro atoms. The fraction of sp³-hybridized carbons (Fsp3) is 0.471. The van der Waals surface area contributed by atoms with E-state index in [0.29, 0.717) is 29.9 Å². The highest BCUT2D eigenvalue weighted by molar-refractivity contribution is 5.85. The Morgan fingerprint density at radius 3 is 2.61 bits per heavy atom. The molecule has 6 atom stereocenters. The molecule has 1 amide bonds. The molecule has 2 bridgehead atoms. The van der Waals surface area contributed by atoms with E-state index < -0.39 is 53.1 Å². The molecule has 0 saturated carbocycles. The first-order valence-corrected chi connectivity index (χ1v) is 15.4. The lowest BCUT2D eigenvalue weighted by Crippen LogP contribution is -2.74. The van der Waals surface area contributed by atoms with Gasteiger partial charge in [-0.05, 0) is 51.1 Å². The second-order valence-electron chi connectivity index (χ2n) is 12.3. The number of carbonyl (C=O) groups excluding carboxylic acids is 4. The van der Waals surface area contributed by atoms with Crippen LogP contribution in [0.1, 0.15) is 55.9 Å². The van der Waals surface area contributed by atoms with Gasteiger partial charge in [-0.2, -0.15) is 0 Å². The molecule has 0 radical (unpaired) electrons. The van der Waals surface area contributed by atoms with Crippen LogP contribution in [-0.4, -0.2) is 84.9 Å². The summed E-state index contributed by atoms with van der Waals surface area (Å²) in [6.45, 7) is 3.22. The molecule has 46 heavy (non-hydrogen) atoms. The van der Waals surface area contributed by atoms with Crippen molar-refractivity contribution in [3.8, 4) is 11.5 Å². The number of amides is 1. The van der Waals surface area contributed by atoms with Gasteiger partial charge < -0.3 is 39.0 Å². The standard InChI is InChI=1S/C34H38N2O10/c1-19(43-26(38)13-16-35-31(39)28(44-20(2)37)21-8-6-5-7-9-21)32(40)45-24-12-14-34(41)25-18-22-10-11-23(42-4)29-27(22)33(34,30(24)46-29)15-17-36(25)3/h5-12,19,25,28,30,41H,13-18H2,1-4H3,(H,35,39). The van der Waals surface area contributed by atoms with E-state index in [4.69, 9.17) is 23.7 Å². The first-order chi connectivity index (χ1) is 22.0. The molecule has 4 aliphatic rings. The van der Waals surface area contributed by atoms with Crippen molar-refractivity contribution in [1.29, 1.82) is 0 Å². The van der Waals surface area contributed by atoms with Crippen molar-refractivity contribution in [1.82, 2.24) is 10.2 Å². The van der Waals surface area contributed by atoms with E-state index >= 15 is 0 Å². The Morgan fingerprint density at radius 2 is 1.89 bits per heavy atom. The highest BCUT2D eigenvalue weighted by Crippen LogP contribution is 2.65. The van der Waals surface area contributed by atoms with Gasteiger partial charge in [0.1, 0.15) is 5.76 Å². The molecule has 0 aromatic heterocycles. The molecule has 2 aliphatic heterocycles. The molecule has 6 rings (SSSR count). The van der Waals surface area contributed by atoms with Gasteiger partial charge in [-0.25, -0.2) is 4.79 Å². The van der Waals surface area contributed by atoms with Gasteiger partial charge in [0.25, 0.3) is 5.91 Å². The molecule has 2 heterocycles. The third-order valence-electron chi connectivity index (χ3n) is 9.67. The first-order valence-electron chi connectivity index (χ1n) is 15.4. The van der Waals surface area contributed by atoms with Crippen molar-refractivity contribution in [3.63, 3.8) is 0 Å². The Labute approximate surface area is 266 Å². The van der Waals surface area contributed by atoms with Gasteiger partial charge in [-0.3, -0.25) is 14.4 Å². The molecule has 12 nitrogen and oxygen atoms in total. The molecular formula is C34H38N2O10. The Morgan fingerprint density at radius 1 is 1.13 bits per heavy atom. The Kier molecular flexibility index (Phi) is 8.28. The zero-order valence-electron chi connectivity index (χ0n) is 26.2. The van der Waals surface area contributed by atoms with E-state index in [2.05, 4.69) is 10.2 Å². The zero-order chi connectivity index (χ0) is 32.8. The molecule has 1 fully saturated rings. The number of aliphatic hydroxyl groups is 1. The predicted molar refractivity (Wildman–Crippen MR) is 162 cm³/mol. The summed E-state index contributed by atoms with van der Waals surface area (Å²) in [5.41, 5.74) is 0.480. The lowest BCUT2D eigenvalue weighted by molar-refractivity contribution is -0.175. The number of benzene rings is 2. The fourth-order valence-corrected chi connectivity index (χ4v) is 7.54. The van der Waals surface area contributed by atoms with Crippen LogP contribution in [0, 0.1) is 0 Å². The molecule has 12 heteroatoms. The normalized spacial score (nSPS) is 26.8. The van der Waals surface area contributed by atoms with E-state index in [0.717, 1.165) is 17.7 Å². The molecule has 2 aromatic rings. The summed E-state index contributed by atoms with van der Waals surface area (Å²) >= 11 is 0. The average Bonchev–Trinajstić information content (AvgIpc) is 3.39. The SMILES string of the molecule is COc1ccc2c3c1OC1C(OC(=O)C(C)OC(=O)CCNC(=O)C(OC(C)=O)c4ccccc4)=CCC4(O)C(C2)N(C)CCC314. The summed E-state index contributed by atoms with van der Waals surface area (Å²) in [4.78, 5) is 52.3. The number of likely N-dealkylation sites (N-methyl/N-ethyl adjacent to an activating group) is 1. The van der Waals surface area contributed by atoms with Gasteiger partial charge in [-0.1, -0.05) is 36.4 Å². The lowest BCUT2D eigenvalue weighted by atomic mass is 9.50. The number of carbonyl (C=O) groups is 4. The van der Waals surface area contributed by atoms with Gasteiger partial charge in [0.05, 0.1) is 24.5 Å². The minimum absolute atomic E-state index is 0.107. The summed E-state index contributed by atoms with van der Waals surface area (Å²) in [7, 11) is 3.57. The highest BCUT2D eigenvalue weighted by atomic mass is 16.6. The van der Waals surface area contributed by atoms with Crippen LogP contribution < -0.4 is 14.8 Å². The molecule has 2 aliphatic carbocycles. The third-order valence-corrected chi connectivity index (χ3v) is 9.67. The molecule has 6 unspecified atom stereocenters. The topological polar surface area (TPSA) is 150 Å². The number of hydrogen-bond donors (Lipinski definition) is 2. The quantitative estimate of drug-likeness (QED) is 0.293. The molecule has 2 N–H and O–H groups in total. The van der Waals surface area contributed by atoms with Crippen LogP contribution in [0.25, 0.3) is 0 Å². The lowest BCUT2D eigenvalue weighted by Gasteiger charge is -2.61. The van der Waals surface area contributed by atoms with Crippen LogP contribution in [0.15, 0.2) is 54.3 Å². The van der Waals surface area contributed by atoms with E-state index in [-0.39, 0.29) is 31.2 Å². The summed E-state index contributed by atoms with van der Waals surface area (Å²) in [5, 5.41) is 14.9. The third kappa shape index (κ3) is 5.09. The number of nitrogens with zero attached hydrogens (tertiary/aromatic N) is 1. The molecule has 1 saturated heterocycles. The van der Waals surface area contributed by atoms with Crippen molar-refractivity contribution in [2.24, 2.45) is 0 Å². The number of likely N-dealkylation sites (tertiary alicyclic amines) is 1. The number of hydrogen-bond acceptors (Lipinski definition) is 11. The van der Waals surface area contributed by atoms with Crippen molar-refractivity contribution in [3.05, 3.63) is 71.0 Å². The van der Waals surface area contributed by atoms with Gasteiger partial charge in [0.15, 0.2) is 23.7 Å². The largest absolute Gasteiger partial charge is 0.493 e. The maximum Gasteiger partial charge on any atom is 0.352 e. The van der Waals surface area contributed by atoms with Crippen molar-refractivity contribution in [2.45, 2.75) is 74.9 Å². The van der Waals surface area contributed by atoms with E-state index in [1.54, 1.807) is 43.5 Å². The summed E-state index contributed by atoms with van der Waals surface area (Å²) in [5.74, 6) is -1.39. The fourth-order valence-electron chi connectivity index (χ4n) is 7.54. The molecular weight excluding hydrogens is 596 g/mol. The predicted octanol–water partition coefficient (Wildman–Crippen LogP) is 2.26. The number of piperidine rings is 1. The Balaban J connectivity index is 1.10. The van der Waals surface area contributed by atoms with E-state index in [9.17, 15) is 24.3 Å². The number of methoxy groups -OCH3 is 1. The van der Waals surface area contributed by atoms with Crippen LogP contribution in [0.2, 0.25) is 0 Å². The second kappa shape index (κ2) is 12.1. The minimum atomic E-state index is -1.26. The number of rotatable bonds is 10. The maximum atomic E-state index is 13.2. The van der Waals surface area contributed by atoms with Crippen LogP contribution >= 0.6 is 0 Å². The first kappa shape index (κ1) is 31.6. The number of ether oxygens (including phenoxy) is 5. The van der Waals surface area contributed by atoms with Crippen LogP contribution in [-0.2, 0) is 45.2 Å².